The molecule has 0 spiro atoms. The van der Waals surface area contributed by atoms with Gasteiger partial charge in [0.2, 0.25) is 11.7 Å². The van der Waals surface area contributed by atoms with Gasteiger partial charge in [-0.2, -0.15) is 4.98 Å². The minimum atomic E-state index is -0.986. The standard InChI is InChI=1S/C14H15ClN2O3/c1-4-19-13(18)14(2,3)12-16-11(17-20-12)9-6-5-7-10(15)8-9/h5-8H,4H2,1-3H3. The summed E-state index contributed by atoms with van der Waals surface area (Å²) in [6, 6.07) is 7.10. The second kappa shape index (κ2) is 5.63. The van der Waals surface area contributed by atoms with Crippen molar-refractivity contribution < 1.29 is 14.1 Å². The first-order valence-electron chi connectivity index (χ1n) is 6.22. The molecular formula is C14H15ClN2O3. The first-order chi connectivity index (χ1) is 9.45. The molecular weight excluding hydrogens is 280 g/mol. The highest BCUT2D eigenvalue weighted by Crippen LogP contribution is 2.26. The number of esters is 1. The van der Waals surface area contributed by atoms with Crippen molar-refractivity contribution in [3.63, 3.8) is 0 Å². The molecule has 0 saturated carbocycles. The number of rotatable bonds is 4. The van der Waals surface area contributed by atoms with Gasteiger partial charge in [-0.15, -0.1) is 0 Å². The van der Waals surface area contributed by atoms with E-state index in [0.717, 1.165) is 5.56 Å². The third kappa shape index (κ3) is 2.82. The Morgan fingerprint density at radius 1 is 1.45 bits per heavy atom. The van der Waals surface area contributed by atoms with Gasteiger partial charge in [0.25, 0.3) is 0 Å². The molecule has 0 amide bonds. The van der Waals surface area contributed by atoms with Gasteiger partial charge in [0.1, 0.15) is 5.41 Å². The van der Waals surface area contributed by atoms with Crippen molar-refractivity contribution in [2.24, 2.45) is 0 Å². The van der Waals surface area contributed by atoms with Crippen LogP contribution in [0.5, 0.6) is 0 Å². The number of hydrogen-bond acceptors (Lipinski definition) is 5. The molecule has 1 aromatic heterocycles. The molecule has 0 aliphatic carbocycles. The molecule has 20 heavy (non-hydrogen) atoms. The molecule has 1 aromatic carbocycles. The van der Waals surface area contributed by atoms with Crippen LogP contribution in [0.1, 0.15) is 26.7 Å². The van der Waals surface area contributed by atoms with Gasteiger partial charge in [0.05, 0.1) is 6.61 Å². The van der Waals surface area contributed by atoms with Crippen LogP contribution in [0.15, 0.2) is 28.8 Å². The van der Waals surface area contributed by atoms with Crippen LogP contribution in [0, 0.1) is 0 Å². The molecule has 0 fully saturated rings. The van der Waals surface area contributed by atoms with Crippen molar-refractivity contribution in [3.8, 4) is 11.4 Å². The average Bonchev–Trinajstić information content (AvgIpc) is 2.89. The van der Waals surface area contributed by atoms with Crippen molar-refractivity contribution >= 4 is 17.6 Å². The number of carbonyl (C=O) groups is 1. The number of hydrogen-bond donors (Lipinski definition) is 0. The maximum Gasteiger partial charge on any atom is 0.321 e. The Labute approximate surface area is 121 Å². The van der Waals surface area contributed by atoms with E-state index in [0.29, 0.717) is 17.5 Å². The fourth-order valence-electron chi connectivity index (χ4n) is 1.62. The van der Waals surface area contributed by atoms with E-state index in [-0.39, 0.29) is 5.89 Å². The molecule has 2 aromatic rings. The molecule has 106 valence electrons. The van der Waals surface area contributed by atoms with Crippen LogP contribution in [0.25, 0.3) is 11.4 Å². The fourth-order valence-corrected chi connectivity index (χ4v) is 1.81. The van der Waals surface area contributed by atoms with E-state index in [1.807, 2.05) is 6.07 Å². The summed E-state index contributed by atoms with van der Waals surface area (Å²) in [5, 5.41) is 4.47. The highest BCUT2D eigenvalue weighted by Gasteiger charge is 2.37. The summed E-state index contributed by atoms with van der Waals surface area (Å²) in [6.45, 7) is 5.41. The molecule has 0 saturated heterocycles. The molecule has 0 aliphatic heterocycles. The molecule has 0 bridgehead atoms. The van der Waals surface area contributed by atoms with E-state index in [4.69, 9.17) is 20.9 Å². The van der Waals surface area contributed by atoms with E-state index in [1.54, 1.807) is 39.0 Å². The molecule has 5 nitrogen and oxygen atoms in total. The minimum absolute atomic E-state index is 0.214. The minimum Gasteiger partial charge on any atom is -0.465 e. The van der Waals surface area contributed by atoms with Crippen LogP contribution in [0.4, 0.5) is 0 Å². The summed E-state index contributed by atoms with van der Waals surface area (Å²) >= 11 is 5.92. The lowest BCUT2D eigenvalue weighted by Crippen LogP contribution is -2.31. The monoisotopic (exact) mass is 294 g/mol. The summed E-state index contributed by atoms with van der Waals surface area (Å²) in [5.41, 5.74) is -0.257. The van der Waals surface area contributed by atoms with E-state index >= 15 is 0 Å². The van der Waals surface area contributed by atoms with Gasteiger partial charge >= 0.3 is 5.97 Å². The third-order valence-corrected chi connectivity index (χ3v) is 3.06. The maximum absolute atomic E-state index is 11.9. The van der Waals surface area contributed by atoms with Gasteiger partial charge in [-0.3, -0.25) is 4.79 Å². The topological polar surface area (TPSA) is 65.2 Å². The summed E-state index contributed by atoms with van der Waals surface area (Å²) in [5.74, 6) is 0.201. The van der Waals surface area contributed by atoms with Crippen molar-refractivity contribution in [2.75, 3.05) is 6.61 Å². The quantitative estimate of drug-likeness (QED) is 0.810. The van der Waals surface area contributed by atoms with Gasteiger partial charge in [-0.05, 0) is 32.9 Å². The Kier molecular flexibility index (Phi) is 4.09. The zero-order valence-electron chi connectivity index (χ0n) is 11.5. The largest absolute Gasteiger partial charge is 0.465 e. The van der Waals surface area contributed by atoms with Crippen LogP contribution in [0.2, 0.25) is 5.02 Å². The maximum atomic E-state index is 11.9. The van der Waals surface area contributed by atoms with Crippen molar-refractivity contribution in [3.05, 3.63) is 35.2 Å². The number of aromatic nitrogens is 2. The zero-order chi connectivity index (χ0) is 14.8. The van der Waals surface area contributed by atoms with Crippen LogP contribution in [0.3, 0.4) is 0 Å². The predicted molar refractivity (Wildman–Crippen MR) is 74.4 cm³/mol. The molecule has 6 heteroatoms. The number of ether oxygens (including phenoxy) is 1. The summed E-state index contributed by atoms with van der Waals surface area (Å²) < 4.78 is 10.2. The zero-order valence-corrected chi connectivity index (χ0v) is 12.3. The number of nitrogens with zero attached hydrogens (tertiary/aromatic N) is 2. The van der Waals surface area contributed by atoms with Crippen LogP contribution in [-0.2, 0) is 14.9 Å². The van der Waals surface area contributed by atoms with Gasteiger partial charge < -0.3 is 9.26 Å². The third-order valence-electron chi connectivity index (χ3n) is 2.83. The van der Waals surface area contributed by atoms with Gasteiger partial charge in [0, 0.05) is 10.6 Å². The summed E-state index contributed by atoms with van der Waals surface area (Å²) in [4.78, 5) is 16.2. The molecule has 0 N–H and O–H groups in total. The normalized spacial score (nSPS) is 11.4. The molecule has 0 aliphatic rings. The Morgan fingerprint density at radius 3 is 2.85 bits per heavy atom. The summed E-state index contributed by atoms with van der Waals surface area (Å²) in [7, 11) is 0. The van der Waals surface area contributed by atoms with E-state index in [1.165, 1.54) is 0 Å². The Bertz CT molecular complexity index is 622. The number of halogens is 1. The van der Waals surface area contributed by atoms with E-state index in [2.05, 4.69) is 10.1 Å². The first kappa shape index (κ1) is 14.5. The second-order valence-corrected chi connectivity index (χ2v) is 5.22. The van der Waals surface area contributed by atoms with E-state index < -0.39 is 11.4 Å². The van der Waals surface area contributed by atoms with E-state index in [9.17, 15) is 4.79 Å². The average molecular weight is 295 g/mol. The van der Waals surface area contributed by atoms with Crippen LogP contribution in [-0.4, -0.2) is 22.7 Å². The predicted octanol–water partition coefficient (Wildman–Crippen LogP) is 3.23. The summed E-state index contributed by atoms with van der Waals surface area (Å²) in [6.07, 6.45) is 0. The SMILES string of the molecule is CCOC(=O)C(C)(C)c1nc(-c2cccc(Cl)c2)no1. The van der Waals surface area contributed by atoms with Gasteiger partial charge in [-0.1, -0.05) is 28.9 Å². The van der Waals surface area contributed by atoms with Crippen molar-refractivity contribution in [1.29, 1.82) is 0 Å². The first-order valence-corrected chi connectivity index (χ1v) is 6.60. The number of carbonyl (C=O) groups excluding carboxylic acids is 1. The number of benzene rings is 1. The van der Waals surface area contributed by atoms with Crippen molar-refractivity contribution in [1.82, 2.24) is 10.1 Å². The van der Waals surface area contributed by atoms with Crippen LogP contribution >= 0.6 is 11.6 Å². The Hall–Kier alpha value is -1.88. The fraction of sp³-hybridized carbons (Fsp3) is 0.357. The van der Waals surface area contributed by atoms with Crippen LogP contribution < -0.4 is 0 Å². The highest BCUT2D eigenvalue weighted by atomic mass is 35.5. The molecule has 0 unspecified atom stereocenters. The van der Waals surface area contributed by atoms with Gasteiger partial charge in [-0.25, -0.2) is 0 Å². The smallest absolute Gasteiger partial charge is 0.321 e. The second-order valence-electron chi connectivity index (χ2n) is 4.78. The molecule has 1 heterocycles. The lowest BCUT2D eigenvalue weighted by Gasteiger charge is -2.16. The lowest BCUT2D eigenvalue weighted by atomic mass is 9.94. The molecule has 0 atom stereocenters. The van der Waals surface area contributed by atoms with Gasteiger partial charge in [0.15, 0.2) is 0 Å². The lowest BCUT2D eigenvalue weighted by molar-refractivity contribution is -0.149. The van der Waals surface area contributed by atoms with Crippen molar-refractivity contribution in [2.45, 2.75) is 26.2 Å². The molecule has 2 rings (SSSR count). The molecule has 0 radical (unpaired) electrons. The Morgan fingerprint density at radius 2 is 2.20 bits per heavy atom. The Balaban J connectivity index is 2.31. The highest BCUT2D eigenvalue weighted by molar-refractivity contribution is 6.30.